The maximum Gasteiger partial charge on any atom is 0.220 e. The molecule has 0 spiro atoms. The average Bonchev–Trinajstić information content (AvgIpc) is 2.95. The Morgan fingerprint density at radius 3 is 2.71 bits per heavy atom. The molecule has 3 N–H and O–H groups in total. The van der Waals surface area contributed by atoms with Crippen molar-refractivity contribution >= 4 is 17.7 Å². The fraction of sp³-hybridized carbons (Fsp3) is 0.900. The molecule has 1 atom stereocenters. The Bertz CT molecular complexity index is 204. The van der Waals surface area contributed by atoms with E-state index in [0.29, 0.717) is 23.6 Å². The number of rotatable bonds is 6. The maximum atomic E-state index is 11.4. The lowest BCUT2D eigenvalue weighted by molar-refractivity contribution is -0.121. The number of nitrogens with two attached hydrogens (primary N) is 1. The molecule has 0 heterocycles. The molecule has 0 aliphatic heterocycles. The number of carbonyl (C=O) groups excluding carboxylic acids is 1. The Hall–Kier alpha value is -0.220. The average molecular weight is 216 g/mol. The molecule has 1 amide bonds. The van der Waals surface area contributed by atoms with E-state index in [1.807, 2.05) is 18.7 Å². The standard InChI is InChI=1S/C10H20N2OS/c1-8(6-11)5-9(13)12-7-10(14-2)3-4-10/h8H,3-7,11H2,1-2H3,(H,12,13). The molecule has 1 aliphatic rings. The highest BCUT2D eigenvalue weighted by Gasteiger charge is 2.41. The van der Waals surface area contributed by atoms with Crippen molar-refractivity contribution in [3.05, 3.63) is 0 Å². The molecular formula is C10H20N2OS. The number of nitrogens with one attached hydrogen (secondary N) is 1. The zero-order valence-corrected chi connectivity index (χ0v) is 9.82. The molecule has 1 fully saturated rings. The summed E-state index contributed by atoms with van der Waals surface area (Å²) in [7, 11) is 0. The van der Waals surface area contributed by atoms with Crippen LogP contribution in [0.25, 0.3) is 0 Å². The zero-order chi connectivity index (χ0) is 10.6. The van der Waals surface area contributed by atoms with Crippen molar-refractivity contribution < 1.29 is 4.79 Å². The summed E-state index contributed by atoms with van der Waals surface area (Å²) < 4.78 is 0.363. The van der Waals surface area contributed by atoms with Crippen LogP contribution in [0.1, 0.15) is 26.2 Å². The Kier molecular flexibility index (Phi) is 4.26. The number of amides is 1. The Morgan fingerprint density at radius 1 is 1.64 bits per heavy atom. The third kappa shape index (κ3) is 3.50. The fourth-order valence-electron chi connectivity index (χ4n) is 1.32. The van der Waals surface area contributed by atoms with Crippen molar-refractivity contribution in [2.75, 3.05) is 19.3 Å². The van der Waals surface area contributed by atoms with Crippen molar-refractivity contribution in [2.24, 2.45) is 11.7 Å². The SMILES string of the molecule is CSC1(CNC(=O)CC(C)CN)CC1. The second-order valence-electron chi connectivity index (χ2n) is 4.21. The first-order valence-corrected chi connectivity index (χ1v) is 6.36. The minimum absolute atomic E-state index is 0.142. The molecule has 3 nitrogen and oxygen atoms in total. The number of hydrogen-bond acceptors (Lipinski definition) is 3. The lowest BCUT2D eigenvalue weighted by Crippen LogP contribution is -2.33. The molecule has 0 bridgehead atoms. The van der Waals surface area contributed by atoms with Crippen LogP contribution in [-0.2, 0) is 4.79 Å². The van der Waals surface area contributed by atoms with E-state index in [1.165, 1.54) is 12.8 Å². The summed E-state index contributed by atoms with van der Waals surface area (Å²) in [5.41, 5.74) is 5.46. The van der Waals surface area contributed by atoms with Gasteiger partial charge in [-0.05, 0) is 31.6 Å². The van der Waals surface area contributed by atoms with E-state index in [9.17, 15) is 4.79 Å². The highest BCUT2D eigenvalue weighted by Crippen LogP contribution is 2.46. The summed E-state index contributed by atoms with van der Waals surface area (Å²) in [6.07, 6.45) is 5.14. The van der Waals surface area contributed by atoms with Crippen molar-refractivity contribution in [1.29, 1.82) is 0 Å². The predicted octanol–water partition coefficient (Wildman–Crippen LogP) is 0.983. The van der Waals surface area contributed by atoms with Crippen molar-refractivity contribution in [3.63, 3.8) is 0 Å². The van der Waals surface area contributed by atoms with Gasteiger partial charge in [0.1, 0.15) is 0 Å². The van der Waals surface area contributed by atoms with E-state index in [1.54, 1.807) is 0 Å². The van der Waals surface area contributed by atoms with Gasteiger partial charge < -0.3 is 11.1 Å². The van der Waals surface area contributed by atoms with Crippen molar-refractivity contribution in [2.45, 2.75) is 30.9 Å². The number of thioether (sulfide) groups is 1. The van der Waals surface area contributed by atoms with Crippen LogP contribution in [0.4, 0.5) is 0 Å². The molecule has 14 heavy (non-hydrogen) atoms. The van der Waals surface area contributed by atoms with Gasteiger partial charge in [-0.15, -0.1) is 0 Å². The van der Waals surface area contributed by atoms with Gasteiger partial charge in [-0.2, -0.15) is 11.8 Å². The summed E-state index contributed by atoms with van der Waals surface area (Å²) >= 11 is 1.87. The Balaban J connectivity index is 2.15. The lowest BCUT2D eigenvalue weighted by atomic mass is 10.1. The molecule has 0 aromatic carbocycles. The summed E-state index contributed by atoms with van der Waals surface area (Å²) in [5.74, 6) is 0.433. The topological polar surface area (TPSA) is 55.1 Å². The smallest absolute Gasteiger partial charge is 0.220 e. The third-order valence-corrected chi connectivity index (χ3v) is 4.20. The molecule has 0 saturated heterocycles. The second-order valence-corrected chi connectivity index (χ2v) is 5.48. The highest BCUT2D eigenvalue weighted by atomic mass is 32.2. The molecule has 1 saturated carbocycles. The molecule has 4 heteroatoms. The molecule has 0 aromatic rings. The van der Waals surface area contributed by atoms with E-state index < -0.39 is 0 Å². The van der Waals surface area contributed by atoms with Crippen LogP contribution in [0.3, 0.4) is 0 Å². The quantitative estimate of drug-likeness (QED) is 0.696. The monoisotopic (exact) mass is 216 g/mol. The first-order chi connectivity index (χ1) is 6.62. The summed E-state index contributed by atoms with van der Waals surface area (Å²) in [6.45, 7) is 3.41. The largest absolute Gasteiger partial charge is 0.355 e. The van der Waals surface area contributed by atoms with E-state index in [4.69, 9.17) is 5.73 Å². The first-order valence-electron chi connectivity index (χ1n) is 5.14. The van der Waals surface area contributed by atoms with Gasteiger partial charge in [-0.25, -0.2) is 0 Å². The molecule has 1 unspecified atom stereocenters. The molecule has 1 rings (SSSR count). The number of hydrogen-bond donors (Lipinski definition) is 2. The second kappa shape index (κ2) is 5.03. The van der Waals surface area contributed by atoms with E-state index in [-0.39, 0.29) is 5.91 Å². The van der Waals surface area contributed by atoms with Crippen LogP contribution in [-0.4, -0.2) is 30.0 Å². The normalized spacial score (nSPS) is 20.2. The van der Waals surface area contributed by atoms with Crippen LogP contribution in [0.15, 0.2) is 0 Å². The summed E-state index contributed by atoms with van der Waals surface area (Å²) in [6, 6.07) is 0. The van der Waals surface area contributed by atoms with Crippen LogP contribution < -0.4 is 11.1 Å². The molecular weight excluding hydrogens is 196 g/mol. The van der Waals surface area contributed by atoms with Gasteiger partial charge in [-0.3, -0.25) is 4.79 Å². The highest BCUT2D eigenvalue weighted by molar-refractivity contribution is 8.00. The summed E-state index contributed by atoms with van der Waals surface area (Å²) in [4.78, 5) is 11.4. The fourth-order valence-corrected chi connectivity index (χ4v) is 2.05. The Labute approximate surface area is 90.2 Å². The lowest BCUT2D eigenvalue weighted by Gasteiger charge is -2.14. The van der Waals surface area contributed by atoms with Gasteiger partial charge in [0.2, 0.25) is 5.91 Å². The Morgan fingerprint density at radius 2 is 2.29 bits per heavy atom. The summed E-state index contributed by atoms with van der Waals surface area (Å²) in [5, 5.41) is 2.99. The first kappa shape index (κ1) is 11.9. The van der Waals surface area contributed by atoms with Crippen molar-refractivity contribution in [3.8, 4) is 0 Å². The molecule has 82 valence electrons. The number of carbonyl (C=O) groups is 1. The van der Waals surface area contributed by atoms with Crippen LogP contribution in [0.2, 0.25) is 0 Å². The van der Waals surface area contributed by atoms with Crippen LogP contribution >= 0.6 is 11.8 Å². The van der Waals surface area contributed by atoms with E-state index >= 15 is 0 Å². The van der Waals surface area contributed by atoms with Gasteiger partial charge in [0.05, 0.1) is 0 Å². The van der Waals surface area contributed by atoms with Gasteiger partial charge in [0.15, 0.2) is 0 Å². The molecule has 1 aliphatic carbocycles. The van der Waals surface area contributed by atoms with Gasteiger partial charge >= 0.3 is 0 Å². The zero-order valence-electron chi connectivity index (χ0n) is 9.01. The van der Waals surface area contributed by atoms with Gasteiger partial charge in [-0.1, -0.05) is 6.92 Å². The predicted molar refractivity (Wildman–Crippen MR) is 61.3 cm³/mol. The van der Waals surface area contributed by atoms with Crippen LogP contribution in [0.5, 0.6) is 0 Å². The van der Waals surface area contributed by atoms with Crippen molar-refractivity contribution in [1.82, 2.24) is 5.32 Å². The van der Waals surface area contributed by atoms with Crippen LogP contribution in [0, 0.1) is 5.92 Å². The van der Waals surface area contributed by atoms with E-state index in [0.717, 1.165) is 6.54 Å². The minimum Gasteiger partial charge on any atom is -0.355 e. The molecule has 0 aromatic heterocycles. The minimum atomic E-state index is 0.142. The molecule has 0 radical (unpaired) electrons. The van der Waals surface area contributed by atoms with Gasteiger partial charge in [0.25, 0.3) is 0 Å². The maximum absolute atomic E-state index is 11.4. The van der Waals surface area contributed by atoms with E-state index in [2.05, 4.69) is 11.6 Å². The third-order valence-electron chi connectivity index (χ3n) is 2.78. The van der Waals surface area contributed by atoms with Gasteiger partial charge in [0, 0.05) is 17.7 Å².